The van der Waals surface area contributed by atoms with Crippen LogP contribution in [0.3, 0.4) is 0 Å². The fraction of sp³-hybridized carbons (Fsp3) is 0.0952. The van der Waals surface area contributed by atoms with E-state index in [2.05, 4.69) is 15.0 Å². The molecule has 2 aromatic carbocycles. The molecular formula is C21H17N3O6S2. The van der Waals surface area contributed by atoms with Gasteiger partial charge >= 0.3 is 5.63 Å². The number of hydrogen-bond acceptors (Lipinski definition) is 8. The van der Waals surface area contributed by atoms with E-state index in [0.717, 1.165) is 11.3 Å². The van der Waals surface area contributed by atoms with Crippen LogP contribution in [-0.4, -0.2) is 26.4 Å². The van der Waals surface area contributed by atoms with Gasteiger partial charge in [-0.2, -0.15) is 0 Å². The van der Waals surface area contributed by atoms with Crippen LogP contribution >= 0.6 is 11.3 Å². The Morgan fingerprint density at radius 1 is 1.12 bits per heavy atom. The molecule has 0 aliphatic carbocycles. The van der Waals surface area contributed by atoms with Crippen molar-refractivity contribution < 1.29 is 22.4 Å². The molecule has 1 amide bonds. The normalized spacial score (nSPS) is 11.3. The van der Waals surface area contributed by atoms with Crippen LogP contribution in [0.15, 0.2) is 74.1 Å². The summed E-state index contributed by atoms with van der Waals surface area (Å²) in [4.78, 5) is 27.9. The third-order valence-corrected chi connectivity index (χ3v) is 6.68. The Balaban J connectivity index is 1.40. The molecule has 11 heteroatoms. The second kappa shape index (κ2) is 8.81. The molecule has 0 unspecified atom stereocenters. The molecule has 4 aromatic rings. The molecule has 9 nitrogen and oxygen atoms in total. The number of benzene rings is 2. The molecule has 0 aliphatic heterocycles. The van der Waals surface area contributed by atoms with Crippen LogP contribution in [0.4, 0.5) is 10.8 Å². The average Bonchev–Trinajstić information content (AvgIpc) is 3.19. The lowest BCUT2D eigenvalue weighted by Gasteiger charge is -2.06. The Morgan fingerprint density at radius 3 is 2.66 bits per heavy atom. The summed E-state index contributed by atoms with van der Waals surface area (Å²) in [6.07, 6.45) is -0.0390. The molecule has 0 radical (unpaired) electrons. The molecular weight excluding hydrogens is 454 g/mol. The summed E-state index contributed by atoms with van der Waals surface area (Å²) < 4.78 is 37.5. The number of hydrogen-bond donors (Lipinski definition) is 2. The van der Waals surface area contributed by atoms with Gasteiger partial charge in [0.2, 0.25) is 5.91 Å². The van der Waals surface area contributed by atoms with Gasteiger partial charge in [-0.3, -0.25) is 9.52 Å². The highest BCUT2D eigenvalue weighted by Gasteiger charge is 2.17. The first kappa shape index (κ1) is 21.5. The van der Waals surface area contributed by atoms with Crippen LogP contribution in [-0.2, 0) is 21.2 Å². The van der Waals surface area contributed by atoms with Crippen molar-refractivity contribution in [3.63, 3.8) is 0 Å². The fourth-order valence-corrected chi connectivity index (χ4v) is 4.85. The second-order valence-electron chi connectivity index (χ2n) is 6.66. The largest absolute Gasteiger partial charge is 0.497 e. The number of nitrogens with one attached hydrogen (secondary N) is 2. The number of anilines is 2. The summed E-state index contributed by atoms with van der Waals surface area (Å²) in [5.41, 5.74) is 0.929. The molecule has 4 rings (SSSR count). The van der Waals surface area contributed by atoms with Crippen LogP contribution < -0.4 is 20.4 Å². The summed E-state index contributed by atoms with van der Waals surface area (Å²) >= 11 is 1.08. The van der Waals surface area contributed by atoms with Crippen molar-refractivity contribution in [1.29, 1.82) is 0 Å². The van der Waals surface area contributed by atoms with Gasteiger partial charge in [0.25, 0.3) is 10.0 Å². The molecule has 2 N–H and O–H groups in total. The first-order valence-corrected chi connectivity index (χ1v) is 11.6. The SMILES string of the molecule is COc1ccc(S(=O)(=O)Nc2nc(CC(=O)Nc3ccc4oc(=O)ccc4c3)cs2)cc1. The third kappa shape index (κ3) is 4.95. The number of sulfonamides is 1. The van der Waals surface area contributed by atoms with Crippen molar-refractivity contribution in [3.05, 3.63) is 76.1 Å². The minimum atomic E-state index is -3.82. The zero-order chi connectivity index (χ0) is 22.7. The van der Waals surface area contributed by atoms with E-state index in [0.29, 0.717) is 28.1 Å². The van der Waals surface area contributed by atoms with Crippen LogP contribution in [0.25, 0.3) is 11.0 Å². The van der Waals surface area contributed by atoms with Crippen LogP contribution in [0, 0.1) is 0 Å². The Labute approximate surface area is 186 Å². The van der Waals surface area contributed by atoms with Crippen molar-refractivity contribution in [2.75, 3.05) is 17.1 Å². The van der Waals surface area contributed by atoms with Gasteiger partial charge in [-0.1, -0.05) is 0 Å². The molecule has 0 atom stereocenters. The smallest absolute Gasteiger partial charge is 0.336 e. The number of ether oxygens (including phenoxy) is 1. The predicted octanol–water partition coefficient (Wildman–Crippen LogP) is 3.24. The zero-order valence-electron chi connectivity index (χ0n) is 16.7. The fourth-order valence-electron chi connectivity index (χ4n) is 2.88. The number of amides is 1. The van der Waals surface area contributed by atoms with Crippen molar-refractivity contribution in [2.45, 2.75) is 11.3 Å². The maximum atomic E-state index is 12.5. The highest BCUT2D eigenvalue weighted by atomic mass is 32.2. The maximum Gasteiger partial charge on any atom is 0.336 e. The Morgan fingerprint density at radius 2 is 1.91 bits per heavy atom. The van der Waals surface area contributed by atoms with Crippen molar-refractivity contribution in [3.8, 4) is 5.75 Å². The quantitative estimate of drug-likeness (QED) is 0.396. The summed E-state index contributed by atoms with van der Waals surface area (Å²) in [5, 5.41) is 5.19. The molecule has 164 valence electrons. The third-order valence-electron chi connectivity index (χ3n) is 4.39. The molecule has 2 heterocycles. The number of thiazole rings is 1. The van der Waals surface area contributed by atoms with Gasteiger partial charge < -0.3 is 14.5 Å². The van der Waals surface area contributed by atoms with Gasteiger partial charge in [-0.25, -0.2) is 18.2 Å². The van der Waals surface area contributed by atoms with Crippen molar-refractivity contribution in [1.82, 2.24) is 4.98 Å². The van der Waals surface area contributed by atoms with E-state index < -0.39 is 15.6 Å². The summed E-state index contributed by atoms with van der Waals surface area (Å²) in [7, 11) is -2.32. The molecule has 0 saturated heterocycles. The number of methoxy groups -OCH3 is 1. The number of aromatic nitrogens is 1. The Hall–Kier alpha value is -3.70. The Bertz CT molecular complexity index is 1440. The van der Waals surface area contributed by atoms with E-state index in [1.807, 2.05) is 0 Å². The average molecular weight is 472 g/mol. The van der Waals surface area contributed by atoms with E-state index in [9.17, 15) is 18.0 Å². The van der Waals surface area contributed by atoms with Gasteiger partial charge in [0, 0.05) is 22.5 Å². The zero-order valence-corrected chi connectivity index (χ0v) is 18.3. The summed E-state index contributed by atoms with van der Waals surface area (Å²) in [6.45, 7) is 0. The molecule has 0 fully saturated rings. The molecule has 2 aromatic heterocycles. The van der Waals surface area contributed by atoms with E-state index >= 15 is 0 Å². The lowest BCUT2D eigenvalue weighted by atomic mass is 10.2. The first-order valence-electron chi connectivity index (χ1n) is 9.27. The number of nitrogens with zero attached hydrogens (tertiary/aromatic N) is 1. The van der Waals surface area contributed by atoms with Crippen molar-refractivity contribution >= 4 is 49.1 Å². The summed E-state index contributed by atoms with van der Waals surface area (Å²) in [5.74, 6) is 0.221. The molecule has 0 spiro atoms. The minimum Gasteiger partial charge on any atom is -0.497 e. The lowest BCUT2D eigenvalue weighted by molar-refractivity contribution is -0.115. The van der Waals surface area contributed by atoms with Crippen LogP contribution in [0.1, 0.15) is 5.69 Å². The molecule has 0 bridgehead atoms. The molecule has 32 heavy (non-hydrogen) atoms. The van der Waals surface area contributed by atoms with Crippen molar-refractivity contribution in [2.24, 2.45) is 0 Å². The number of fused-ring (bicyclic) bond motifs is 1. The highest BCUT2D eigenvalue weighted by molar-refractivity contribution is 7.93. The number of rotatable bonds is 7. The second-order valence-corrected chi connectivity index (χ2v) is 9.20. The van der Waals surface area contributed by atoms with Gasteiger partial charge in [0.05, 0.1) is 24.1 Å². The van der Waals surface area contributed by atoms with Crippen LogP contribution in [0.2, 0.25) is 0 Å². The van der Waals surface area contributed by atoms with E-state index in [1.54, 1.807) is 41.8 Å². The van der Waals surface area contributed by atoms with Gasteiger partial charge in [-0.05, 0) is 48.5 Å². The predicted molar refractivity (Wildman–Crippen MR) is 121 cm³/mol. The van der Waals surface area contributed by atoms with E-state index in [1.165, 1.54) is 25.3 Å². The maximum absolute atomic E-state index is 12.5. The number of carbonyl (C=O) groups is 1. The minimum absolute atomic E-state index is 0.0390. The topological polar surface area (TPSA) is 128 Å². The monoisotopic (exact) mass is 471 g/mol. The van der Waals surface area contributed by atoms with Crippen LogP contribution in [0.5, 0.6) is 5.75 Å². The number of carbonyl (C=O) groups excluding carboxylic acids is 1. The highest BCUT2D eigenvalue weighted by Crippen LogP contribution is 2.23. The lowest BCUT2D eigenvalue weighted by Crippen LogP contribution is -2.15. The van der Waals surface area contributed by atoms with E-state index in [-0.39, 0.29) is 22.4 Å². The standard InChI is InChI=1S/C21H17N3O6S2/c1-29-16-4-6-17(7-5-16)32(27,28)24-21-23-15(12-31-21)11-19(25)22-14-3-8-18-13(10-14)2-9-20(26)30-18/h2-10,12H,11H2,1H3,(H,22,25)(H,23,24). The van der Waals surface area contributed by atoms with E-state index in [4.69, 9.17) is 9.15 Å². The van der Waals surface area contributed by atoms with Gasteiger partial charge in [0.15, 0.2) is 5.13 Å². The molecule has 0 saturated carbocycles. The molecule has 0 aliphatic rings. The van der Waals surface area contributed by atoms with Gasteiger partial charge in [-0.15, -0.1) is 11.3 Å². The Kier molecular flexibility index (Phi) is 5.93. The summed E-state index contributed by atoms with van der Waals surface area (Å²) in [6, 6.07) is 13.8. The first-order chi connectivity index (χ1) is 15.3. The van der Waals surface area contributed by atoms with Gasteiger partial charge in [0.1, 0.15) is 11.3 Å².